The predicted octanol–water partition coefficient (Wildman–Crippen LogP) is 1.97. The summed E-state index contributed by atoms with van der Waals surface area (Å²) in [6.07, 6.45) is 1.96. The Balaban J connectivity index is 0.00000147. The Hall–Kier alpha value is -1.30. The lowest BCUT2D eigenvalue weighted by Crippen LogP contribution is -2.48. The normalized spacial score (nSPS) is 14.4. The van der Waals surface area contributed by atoms with Gasteiger partial charge in [-0.2, -0.15) is 0 Å². The summed E-state index contributed by atoms with van der Waals surface area (Å²) in [7, 11) is 0. The average molecular weight is 312 g/mol. The molecule has 0 aromatic carbocycles. The number of halogens is 1. The van der Waals surface area contributed by atoms with Crippen LogP contribution in [0.25, 0.3) is 0 Å². The quantitative estimate of drug-likeness (QED) is 0.887. The zero-order chi connectivity index (χ0) is 13.1. The van der Waals surface area contributed by atoms with Crippen LogP contribution in [0.3, 0.4) is 0 Å². The van der Waals surface area contributed by atoms with Gasteiger partial charge in [0.25, 0.3) is 5.91 Å². The summed E-state index contributed by atoms with van der Waals surface area (Å²) in [5, 5.41) is 8.27. The number of thiophene rings is 1. The molecule has 1 fully saturated rings. The molecule has 3 heterocycles. The summed E-state index contributed by atoms with van der Waals surface area (Å²) in [5.74, 6) is 0.609. The molecule has 1 aliphatic rings. The van der Waals surface area contributed by atoms with Gasteiger partial charge in [-0.3, -0.25) is 4.79 Å². The van der Waals surface area contributed by atoms with Gasteiger partial charge >= 0.3 is 0 Å². The van der Waals surface area contributed by atoms with Crippen molar-refractivity contribution in [2.75, 3.05) is 19.6 Å². The third kappa shape index (κ3) is 3.42. The smallest absolute Gasteiger partial charge is 0.267 e. The topological polar surface area (TPSA) is 46.1 Å². The van der Waals surface area contributed by atoms with Gasteiger partial charge < -0.3 is 15.2 Å². The molecule has 0 bridgehead atoms. The lowest BCUT2D eigenvalue weighted by atomic mass is 10.0. The molecule has 108 valence electrons. The molecule has 20 heavy (non-hydrogen) atoms. The molecule has 0 saturated carbocycles. The molecular weight excluding hydrogens is 294 g/mol. The van der Waals surface area contributed by atoms with Crippen molar-refractivity contribution >= 4 is 29.7 Å². The van der Waals surface area contributed by atoms with Crippen molar-refractivity contribution in [3.05, 3.63) is 46.4 Å². The zero-order valence-electron chi connectivity index (χ0n) is 11.0. The lowest BCUT2D eigenvalue weighted by molar-refractivity contribution is 0.0933. The number of carbonyl (C=O) groups is 1. The van der Waals surface area contributed by atoms with Crippen LogP contribution in [0.4, 0.5) is 0 Å². The van der Waals surface area contributed by atoms with E-state index in [1.807, 2.05) is 29.0 Å². The summed E-state index contributed by atoms with van der Waals surface area (Å²) >= 11 is 1.71. The number of aromatic nitrogens is 1. The molecule has 3 rings (SSSR count). The highest BCUT2D eigenvalue weighted by Gasteiger charge is 2.18. The van der Waals surface area contributed by atoms with Gasteiger partial charge in [0.05, 0.1) is 6.54 Å². The van der Waals surface area contributed by atoms with Crippen molar-refractivity contribution in [3.63, 3.8) is 0 Å². The monoisotopic (exact) mass is 311 g/mol. The molecule has 2 N–H and O–H groups in total. The highest BCUT2D eigenvalue weighted by molar-refractivity contribution is 7.09. The van der Waals surface area contributed by atoms with E-state index in [1.54, 1.807) is 11.3 Å². The molecule has 1 aliphatic heterocycles. The molecule has 1 saturated heterocycles. The van der Waals surface area contributed by atoms with Crippen LogP contribution >= 0.6 is 23.7 Å². The molecule has 0 spiro atoms. The Morgan fingerprint density at radius 1 is 1.40 bits per heavy atom. The largest absolute Gasteiger partial charge is 0.350 e. The Bertz CT molecular complexity index is 549. The van der Waals surface area contributed by atoms with E-state index >= 15 is 0 Å². The summed E-state index contributed by atoms with van der Waals surface area (Å²) in [6, 6.07) is 7.93. The Morgan fingerprint density at radius 3 is 2.90 bits per heavy atom. The van der Waals surface area contributed by atoms with E-state index in [-0.39, 0.29) is 18.3 Å². The number of carbonyl (C=O) groups excluding carboxylic acids is 1. The fraction of sp³-hybridized carbons (Fsp3) is 0.357. The molecule has 2 aromatic heterocycles. The Kier molecular flexibility index (Phi) is 5.23. The first-order chi connectivity index (χ1) is 9.33. The van der Waals surface area contributed by atoms with Crippen LogP contribution in [0.15, 0.2) is 35.8 Å². The van der Waals surface area contributed by atoms with Crippen LogP contribution in [-0.4, -0.2) is 30.1 Å². The maximum Gasteiger partial charge on any atom is 0.267 e. The number of rotatable bonds is 5. The van der Waals surface area contributed by atoms with Crippen LogP contribution in [0.1, 0.15) is 15.4 Å². The maximum absolute atomic E-state index is 12.2. The van der Waals surface area contributed by atoms with Crippen molar-refractivity contribution < 1.29 is 4.79 Å². The van der Waals surface area contributed by atoms with E-state index in [0.29, 0.717) is 5.92 Å². The van der Waals surface area contributed by atoms with Gasteiger partial charge in [-0.05, 0) is 23.6 Å². The van der Waals surface area contributed by atoms with Crippen molar-refractivity contribution in [3.8, 4) is 0 Å². The molecule has 0 radical (unpaired) electrons. The van der Waals surface area contributed by atoms with Gasteiger partial charge in [-0.25, -0.2) is 0 Å². The minimum Gasteiger partial charge on any atom is -0.350 e. The average Bonchev–Trinajstić information content (AvgIpc) is 2.98. The van der Waals surface area contributed by atoms with E-state index in [2.05, 4.69) is 22.1 Å². The van der Waals surface area contributed by atoms with Gasteiger partial charge in [-0.1, -0.05) is 6.07 Å². The summed E-state index contributed by atoms with van der Waals surface area (Å²) in [4.78, 5) is 13.4. The van der Waals surface area contributed by atoms with E-state index < -0.39 is 0 Å². The highest BCUT2D eigenvalue weighted by atomic mass is 35.5. The van der Waals surface area contributed by atoms with Crippen molar-refractivity contribution in [2.24, 2.45) is 5.92 Å². The SMILES string of the molecule is Cl.O=C(NCC1CNC1)c1cccn1Cc1cccs1. The van der Waals surface area contributed by atoms with Crippen molar-refractivity contribution in [1.29, 1.82) is 0 Å². The van der Waals surface area contributed by atoms with E-state index in [0.717, 1.165) is 31.9 Å². The lowest BCUT2D eigenvalue weighted by Gasteiger charge is -2.27. The van der Waals surface area contributed by atoms with Crippen LogP contribution in [0, 0.1) is 5.92 Å². The third-order valence-electron chi connectivity index (χ3n) is 3.39. The van der Waals surface area contributed by atoms with Crippen LogP contribution < -0.4 is 10.6 Å². The summed E-state index contributed by atoms with van der Waals surface area (Å²) in [5.41, 5.74) is 0.737. The molecule has 0 aliphatic carbocycles. The summed E-state index contributed by atoms with van der Waals surface area (Å²) < 4.78 is 2.00. The number of hydrogen-bond donors (Lipinski definition) is 2. The second kappa shape index (κ2) is 6.92. The standard InChI is InChI=1S/C14H17N3OS.ClH/c18-14(16-9-11-7-15-8-11)13-4-1-5-17(13)10-12-3-2-6-19-12;/h1-6,11,15H,7-10H2,(H,16,18);1H. The fourth-order valence-electron chi connectivity index (χ4n) is 2.15. The molecule has 1 amide bonds. The molecule has 2 aromatic rings. The first-order valence-corrected chi connectivity index (χ1v) is 7.37. The van der Waals surface area contributed by atoms with Crippen molar-refractivity contribution in [2.45, 2.75) is 6.54 Å². The second-order valence-corrected chi connectivity index (χ2v) is 5.87. The highest BCUT2D eigenvalue weighted by Crippen LogP contribution is 2.13. The minimum absolute atomic E-state index is 0. The first-order valence-electron chi connectivity index (χ1n) is 6.49. The van der Waals surface area contributed by atoms with Gasteiger partial charge in [0, 0.05) is 36.6 Å². The number of nitrogens with zero attached hydrogens (tertiary/aromatic N) is 1. The third-order valence-corrected chi connectivity index (χ3v) is 4.25. The van der Waals surface area contributed by atoms with Crippen molar-refractivity contribution in [1.82, 2.24) is 15.2 Å². The van der Waals surface area contributed by atoms with Gasteiger partial charge in [-0.15, -0.1) is 23.7 Å². The van der Waals surface area contributed by atoms with E-state index in [4.69, 9.17) is 0 Å². The number of amides is 1. The zero-order valence-corrected chi connectivity index (χ0v) is 12.7. The number of hydrogen-bond acceptors (Lipinski definition) is 3. The molecule has 0 unspecified atom stereocenters. The van der Waals surface area contributed by atoms with E-state index in [9.17, 15) is 4.79 Å². The molecule has 6 heteroatoms. The summed E-state index contributed by atoms with van der Waals surface area (Å²) in [6.45, 7) is 3.54. The molecular formula is C14H18ClN3OS. The maximum atomic E-state index is 12.2. The van der Waals surface area contributed by atoms with E-state index in [1.165, 1.54) is 4.88 Å². The number of nitrogens with one attached hydrogen (secondary N) is 2. The second-order valence-electron chi connectivity index (χ2n) is 4.83. The first kappa shape index (κ1) is 15.1. The predicted molar refractivity (Wildman–Crippen MR) is 83.8 cm³/mol. The van der Waals surface area contributed by atoms with Gasteiger partial charge in [0.15, 0.2) is 0 Å². The Labute approximate surface area is 128 Å². The van der Waals surface area contributed by atoms with Crippen LogP contribution in [0.2, 0.25) is 0 Å². The minimum atomic E-state index is 0. The van der Waals surface area contributed by atoms with Gasteiger partial charge in [0.1, 0.15) is 5.69 Å². The van der Waals surface area contributed by atoms with Gasteiger partial charge in [0.2, 0.25) is 0 Å². The molecule has 4 nitrogen and oxygen atoms in total. The fourth-order valence-corrected chi connectivity index (χ4v) is 2.85. The Morgan fingerprint density at radius 2 is 2.25 bits per heavy atom. The molecule has 0 atom stereocenters. The van der Waals surface area contributed by atoms with Crippen LogP contribution in [0.5, 0.6) is 0 Å². The van der Waals surface area contributed by atoms with Crippen LogP contribution in [-0.2, 0) is 6.54 Å².